The number of carboxylic acids is 1. The second-order valence-corrected chi connectivity index (χ2v) is 9.70. The Hall–Kier alpha value is -1.87. The Bertz CT molecular complexity index is 779. The van der Waals surface area contributed by atoms with Crippen molar-refractivity contribution in [1.29, 1.82) is 0 Å². The van der Waals surface area contributed by atoms with E-state index in [1.807, 2.05) is 18.2 Å². The second-order valence-electron chi connectivity index (χ2n) is 9.70. The number of aliphatic carboxylic acids is 1. The molecule has 0 bridgehead atoms. The van der Waals surface area contributed by atoms with E-state index in [0.29, 0.717) is 25.4 Å². The highest BCUT2D eigenvalue weighted by Crippen LogP contribution is 2.47. The van der Waals surface area contributed by atoms with Gasteiger partial charge in [0.2, 0.25) is 0 Å². The fourth-order valence-corrected chi connectivity index (χ4v) is 5.24. The highest BCUT2D eigenvalue weighted by Gasteiger charge is 2.52. The molecule has 8 heteroatoms. The van der Waals surface area contributed by atoms with E-state index in [2.05, 4.69) is 0 Å². The summed E-state index contributed by atoms with van der Waals surface area (Å²) in [7, 11) is 0. The van der Waals surface area contributed by atoms with Gasteiger partial charge in [0.25, 0.3) is 0 Å². The van der Waals surface area contributed by atoms with Crippen molar-refractivity contribution >= 4 is 5.97 Å². The van der Waals surface area contributed by atoms with Crippen LogP contribution in [0.5, 0.6) is 0 Å². The van der Waals surface area contributed by atoms with Gasteiger partial charge in [0, 0.05) is 25.9 Å². The number of hydrogen-bond acceptors (Lipinski definition) is 7. The largest absolute Gasteiger partial charge is 0.481 e. The molecule has 1 aromatic heterocycles. The minimum Gasteiger partial charge on any atom is -0.481 e. The van der Waals surface area contributed by atoms with E-state index in [4.69, 9.17) is 23.4 Å². The summed E-state index contributed by atoms with van der Waals surface area (Å²) in [6.07, 6.45) is 10.7. The molecule has 1 aromatic rings. The van der Waals surface area contributed by atoms with Crippen molar-refractivity contribution in [3.8, 4) is 0 Å². The average Bonchev–Trinajstić information content (AvgIpc) is 3.45. The van der Waals surface area contributed by atoms with Crippen molar-refractivity contribution in [3.63, 3.8) is 0 Å². The maximum absolute atomic E-state index is 11.5. The molecule has 1 aliphatic carbocycles. The van der Waals surface area contributed by atoms with Gasteiger partial charge < -0.3 is 33.6 Å². The number of allylic oxidation sites excluding steroid dienone is 1. The van der Waals surface area contributed by atoms with Crippen LogP contribution in [0.4, 0.5) is 0 Å². The molecule has 34 heavy (non-hydrogen) atoms. The zero-order valence-electron chi connectivity index (χ0n) is 19.9. The van der Waals surface area contributed by atoms with Gasteiger partial charge in [-0.1, -0.05) is 0 Å². The molecule has 1 saturated carbocycles. The molecule has 2 aliphatic heterocycles. The molecule has 190 valence electrons. The van der Waals surface area contributed by atoms with E-state index >= 15 is 0 Å². The van der Waals surface area contributed by atoms with Gasteiger partial charge in [-0.2, -0.15) is 0 Å². The molecule has 4 rings (SSSR count). The highest BCUT2D eigenvalue weighted by molar-refractivity contribution is 5.67. The molecule has 3 fully saturated rings. The van der Waals surface area contributed by atoms with E-state index < -0.39 is 29.9 Å². The zero-order valence-corrected chi connectivity index (χ0v) is 19.9. The van der Waals surface area contributed by atoms with Gasteiger partial charge in [0.05, 0.1) is 25.4 Å². The van der Waals surface area contributed by atoms with E-state index in [1.54, 1.807) is 6.26 Å². The SMILES string of the molecule is O=C(O)C[C@@H]1C[C@@](OC2CCCCO2)(C(=CCCCc2ccco2)O[C@@H]2CCCCO2)C[C@@H]1O. The van der Waals surface area contributed by atoms with Crippen molar-refractivity contribution in [1.82, 2.24) is 0 Å². The lowest BCUT2D eigenvalue weighted by atomic mass is 9.94. The van der Waals surface area contributed by atoms with Crippen molar-refractivity contribution < 1.29 is 38.4 Å². The average molecular weight is 479 g/mol. The van der Waals surface area contributed by atoms with E-state index in [1.165, 1.54) is 0 Å². The molecular weight excluding hydrogens is 440 g/mol. The number of carbonyl (C=O) groups is 1. The van der Waals surface area contributed by atoms with Crippen LogP contribution in [-0.2, 0) is 30.2 Å². The van der Waals surface area contributed by atoms with Crippen LogP contribution in [-0.4, -0.2) is 53.7 Å². The van der Waals surface area contributed by atoms with E-state index in [0.717, 1.165) is 63.5 Å². The lowest BCUT2D eigenvalue weighted by Crippen LogP contribution is -2.41. The van der Waals surface area contributed by atoms with Crippen LogP contribution >= 0.6 is 0 Å². The van der Waals surface area contributed by atoms with Gasteiger partial charge in [-0.15, -0.1) is 0 Å². The Morgan fingerprint density at radius 2 is 1.88 bits per heavy atom. The number of ether oxygens (including phenoxy) is 4. The monoisotopic (exact) mass is 478 g/mol. The number of aryl methyl sites for hydroxylation is 1. The number of aliphatic hydroxyl groups excluding tert-OH is 1. The molecule has 0 aromatic carbocycles. The third kappa shape index (κ3) is 6.84. The summed E-state index contributed by atoms with van der Waals surface area (Å²) in [5.74, 6) is 0.239. The number of furan rings is 1. The first kappa shape index (κ1) is 25.2. The van der Waals surface area contributed by atoms with Crippen LogP contribution in [0.3, 0.4) is 0 Å². The first-order valence-electron chi connectivity index (χ1n) is 12.7. The molecule has 0 amide bonds. The van der Waals surface area contributed by atoms with E-state index in [-0.39, 0.29) is 19.1 Å². The Morgan fingerprint density at radius 1 is 1.12 bits per heavy atom. The van der Waals surface area contributed by atoms with Crippen molar-refractivity contribution in [3.05, 3.63) is 36.0 Å². The Morgan fingerprint density at radius 3 is 2.53 bits per heavy atom. The molecule has 3 aliphatic rings. The smallest absolute Gasteiger partial charge is 0.303 e. The van der Waals surface area contributed by atoms with Crippen molar-refractivity contribution in [2.24, 2.45) is 5.92 Å². The Labute approximate surface area is 201 Å². The molecule has 0 spiro atoms. The number of rotatable bonds is 11. The molecular formula is C26H38O8. The molecule has 2 saturated heterocycles. The van der Waals surface area contributed by atoms with Crippen molar-refractivity contribution in [2.45, 2.75) is 101 Å². The second kappa shape index (κ2) is 12.2. The van der Waals surface area contributed by atoms with Gasteiger partial charge >= 0.3 is 5.97 Å². The van der Waals surface area contributed by atoms with Crippen molar-refractivity contribution in [2.75, 3.05) is 13.2 Å². The number of aliphatic hydroxyl groups is 1. The predicted molar refractivity (Wildman–Crippen MR) is 123 cm³/mol. The Kier molecular flexibility index (Phi) is 9.05. The lowest BCUT2D eigenvalue weighted by molar-refractivity contribution is -0.237. The molecule has 1 unspecified atom stereocenters. The van der Waals surface area contributed by atoms with Crippen LogP contribution in [0.2, 0.25) is 0 Å². The molecule has 5 atom stereocenters. The van der Waals surface area contributed by atoms with Gasteiger partial charge in [0.15, 0.2) is 12.6 Å². The summed E-state index contributed by atoms with van der Waals surface area (Å²) in [5.41, 5.74) is -0.937. The van der Waals surface area contributed by atoms with Crippen LogP contribution in [0, 0.1) is 5.92 Å². The minimum absolute atomic E-state index is 0.108. The molecule has 8 nitrogen and oxygen atoms in total. The first-order chi connectivity index (χ1) is 16.5. The quantitative estimate of drug-likeness (QED) is 0.352. The standard InChI is InChI=1S/C26H38O8/c27-21-18-26(17-19(21)16-23(28)29,34-25-12-4-6-14-32-25)22(33-24-11-3-5-13-31-24)10-2-1-8-20-9-7-15-30-20/h7,9-10,15,19,21,24-25,27H,1-6,8,11-14,16-18H2,(H,28,29)/t19-,21+,24-,25?,26+/m1/s1. The third-order valence-electron chi connectivity index (χ3n) is 6.99. The summed E-state index contributed by atoms with van der Waals surface area (Å²) < 4.78 is 30.2. The number of carboxylic acid groups (broad SMARTS) is 1. The summed E-state index contributed by atoms with van der Waals surface area (Å²) in [6.45, 7) is 1.29. The van der Waals surface area contributed by atoms with Gasteiger partial charge in [-0.25, -0.2) is 0 Å². The normalized spacial score (nSPS) is 32.6. The van der Waals surface area contributed by atoms with Gasteiger partial charge in [-0.3, -0.25) is 4.79 Å². The zero-order chi connectivity index (χ0) is 23.8. The predicted octanol–water partition coefficient (Wildman–Crippen LogP) is 4.56. The third-order valence-corrected chi connectivity index (χ3v) is 6.99. The number of hydrogen-bond donors (Lipinski definition) is 2. The summed E-state index contributed by atoms with van der Waals surface area (Å²) in [6, 6.07) is 3.85. The Balaban J connectivity index is 1.55. The first-order valence-corrected chi connectivity index (χ1v) is 12.7. The van der Waals surface area contributed by atoms with Gasteiger partial charge in [-0.05, 0) is 75.5 Å². The van der Waals surface area contributed by atoms with Gasteiger partial charge in [0.1, 0.15) is 17.1 Å². The summed E-state index contributed by atoms with van der Waals surface area (Å²) >= 11 is 0. The topological polar surface area (TPSA) is 108 Å². The van der Waals surface area contributed by atoms with Crippen LogP contribution in [0.25, 0.3) is 0 Å². The van der Waals surface area contributed by atoms with E-state index in [9.17, 15) is 15.0 Å². The van der Waals surface area contributed by atoms with Crippen LogP contribution < -0.4 is 0 Å². The maximum Gasteiger partial charge on any atom is 0.303 e. The maximum atomic E-state index is 11.5. The summed E-state index contributed by atoms with van der Waals surface area (Å²) in [4.78, 5) is 11.5. The highest BCUT2D eigenvalue weighted by atomic mass is 16.7. The molecule has 0 radical (unpaired) electrons. The van der Waals surface area contributed by atoms with Crippen LogP contribution in [0.1, 0.15) is 76.4 Å². The fourth-order valence-electron chi connectivity index (χ4n) is 5.24. The number of unbranched alkanes of at least 4 members (excludes halogenated alkanes) is 1. The lowest BCUT2D eigenvalue weighted by Gasteiger charge is -2.38. The molecule has 3 heterocycles. The molecule has 2 N–H and O–H groups in total. The minimum atomic E-state index is -0.937. The van der Waals surface area contributed by atoms with Crippen LogP contribution in [0.15, 0.2) is 34.6 Å². The fraction of sp³-hybridized carbons (Fsp3) is 0.731. The summed E-state index contributed by atoms with van der Waals surface area (Å²) in [5, 5.41) is 20.2.